The molecule has 0 spiro atoms. The van der Waals surface area contributed by atoms with Gasteiger partial charge in [-0.15, -0.1) is 0 Å². The van der Waals surface area contributed by atoms with E-state index in [2.05, 4.69) is 9.97 Å². The Kier molecular flexibility index (Phi) is 5.32. The van der Waals surface area contributed by atoms with Crippen molar-refractivity contribution in [3.8, 4) is 17.8 Å². The van der Waals surface area contributed by atoms with Crippen molar-refractivity contribution in [2.45, 2.75) is 83.3 Å². The number of hydrogen-bond acceptors (Lipinski definition) is 5. The number of rotatable bonds is 4. The van der Waals surface area contributed by atoms with Crippen LogP contribution in [0.1, 0.15) is 75.6 Å². The van der Waals surface area contributed by atoms with Crippen molar-refractivity contribution >= 4 is 0 Å². The molecule has 23 heavy (non-hydrogen) atoms. The highest BCUT2D eigenvalue weighted by Gasteiger charge is 2.22. The Bertz CT molecular complexity index is 529. The maximum absolute atomic E-state index is 9.20. The molecule has 2 saturated carbocycles. The predicted octanol–water partition coefficient (Wildman–Crippen LogP) is 4.08. The van der Waals surface area contributed by atoms with Crippen molar-refractivity contribution in [2.24, 2.45) is 0 Å². The van der Waals surface area contributed by atoms with Crippen molar-refractivity contribution in [1.29, 1.82) is 5.26 Å². The van der Waals surface area contributed by atoms with Crippen LogP contribution in [0.5, 0.6) is 11.8 Å². The quantitative estimate of drug-likeness (QED) is 0.837. The molecule has 0 radical (unpaired) electrons. The van der Waals surface area contributed by atoms with Gasteiger partial charge in [0.2, 0.25) is 17.6 Å². The van der Waals surface area contributed by atoms with Gasteiger partial charge < -0.3 is 9.47 Å². The van der Waals surface area contributed by atoms with Crippen LogP contribution in [-0.4, -0.2) is 22.2 Å². The number of aromatic nitrogens is 2. The number of nitriles is 1. The molecule has 0 saturated heterocycles. The first-order valence-electron chi connectivity index (χ1n) is 8.88. The molecular formula is C18H25N3O2. The third-order valence-electron chi connectivity index (χ3n) is 4.82. The fourth-order valence-corrected chi connectivity index (χ4v) is 3.44. The Hall–Kier alpha value is -1.83. The number of hydrogen-bond donors (Lipinski definition) is 0. The van der Waals surface area contributed by atoms with E-state index < -0.39 is 0 Å². The molecule has 0 amide bonds. The second-order valence-corrected chi connectivity index (χ2v) is 6.65. The van der Waals surface area contributed by atoms with Crippen LogP contribution in [0.3, 0.4) is 0 Å². The Morgan fingerprint density at radius 1 is 0.826 bits per heavy atom. The van der Waals surface area contributed by atoms with Crippen molar-refractivity contribution < 1.29 is 9.47 Å². The van der Waals surface area contributed by atoms with Crippen LogP contribution in [-0.2, 0) is 0 Å². The van der Waals surface area contributed by atoms with Crippen LogP contribution in [0.2, 0.25) is 0 Å². The lowest BCUT2D eigenvalue weighted by Crippen LogP contribution is -2.23. The molecule has 0 N–H and O–H groups in total. The molecule has 0 bridgehead atoms. The zero-order chi connectivity index (χ0) is 16.1. The van der Waals surface area contributed by atoms with Crippen molar-refractivity contribution in [3.05, 3.63) is 11.4 Å². The fraction of sp³-hybridized carbons (Fsp3) is 0.722. The lowest BCUT2D eigenvalue weighted by molar-refractivity contribution is 0.135. The third-order valence-corrected chi connectivity index (χ3v) is 4.82. The molecule has 5 nitrogen and oxygen atoms in total. The normalized spacial score (nSPS) is 20.0. The first kappa shape index (κ1) is 16.0. The molecule has 3 rings (SSSR count). The summed E-state index contributed by atoms with van der Waals surface area (Å²) >= 11 is 0. The van der Waals surface area contributed by atoms with Crippen LogP contribution >= 0.6 is 0 Å². The van der Waals surface area contributed by atoms with E-state index in [1.165, 1.54) is 38.5 Å². The van der Waals surface area contributed by atoms with Crippen LogP contribution in [0, 0.1) is 18.3 Å². The highest BCUT2D eigenvalue weighted by molar-refractivity contribution is 5.36. The minimum Gasteiger partial charge on any atom is -0.474 e. The van der Waals surface area contributed by atoms with E-state index >= 15 is 0 Å². The molecule has 1 aromatic heterocycles. The van der Waals surface area contributed by atoms with E-state index in [1.807, 2.05) is 13.0 Å². The van der Waals surface area contributed by atoms with E-state index in [0.717, 1.165) is 31.2 Å². The lowest BCUT2D eigenvalue weighted by atomic mass is 9.98. The molecule has 0 aliphatic heterocycles. The maximum atomic E-state index is 9.20. The number of nitrogens with zero attached hydrogens (tertiary/aromatic N) is 3. The summed E-state index contributed by atoms with van der Waals surface area (Å²) in [5.41, 5.74) is 0.820. The minimum atomic E-state index is 0.132. The van der Waals surface area contributed by atoms with Crippen LogP contribution in [0.4, 0.5) is 0 Å². The summed E-state index contributed by atoms with van der Waals surface area (Å²) < 4.78 is 12.2. The summed E-state index contributed by atoms with van der Waals surface area (Å²) in [4.78, 5) is 8.53. The van der Waals surface area contributed by atoms with Gasteiger partial charge in [0, 0.05) is 0 Å². The van der Waals surface area contributed by atoms with Gasteiger partial charge in [-0.1, -0.05) is 12.8 Å². The molecule has 1 aromatic rings. The van der Waals surface area contributed by atoms with Crippen molar-refractivity contribution in [2.75, 3.05) is 0 Å². The molecular weight excluding hydrogens is 290 g/mol. The summed E-state index contributed by atoms with van der Waals surface area (Å²) in [7, 11) is 0. The molecule has 0 aromatic carbocycles. The van der Waals surface area contributed by atoms with Gasteiger partial charge in [0.05, 0.1) is 5.56 Å². The molecule has 1 heterocycles. The predicted molar refractivity (Wildman–Crippen MR) is 86.5 cm³/mol. The molecule has 0 unspecified atom stereocenters. The van der Waals surface area contributed by atoms with Crippen LogP contribution < -0.4 is 9.47 Å². The Balaban J connectivity index is 1.78. The molecule has 2 fully saturated rings. The summed E-state index contributed by atoms with van der Waals surface area (Å²) in [6.07, 6.45) is 12.0. The first-order chi connectivity index (χ1) is 11.3. The van der Waals surface area contributed by atoms with E-state index in [1.54, 1.807) is 0 Å². The van der Waals surface area contributed by atoms with Gasteiger partial charge in [-0.2, -0.15) is 15.2 Å². The van der Waals surface area contributed by atoms with Gasteiger partial charge in [0.25, 0.3) is 0 Å². The average molecular weight is 315 g/mol. The van der Waals surface area contributed by atoms with E-state index in [-0.39, 0.29) is 18.0 Å². The summed E-state index contributed by atoms with van der Waals surface area (Å²) in [6.45, 7) is 1.93. The Morgan fingerprint density at radius 2 is 1.26 bits per heavy atom. The van der Waals surface area contributed by atoms with E-state index in [0.29, 0.717) is 11.8 Å². The summed E-state index contributed by atoms with van der Waals surface area (Å²) in [5, 5.41) is 9.20. The lowest BCUT2D eigenvalue weighted by Gasteiger charge is -2.25. The van der Waals surface area contributed by atoms with Crippen molar-refractivity contribution in [1.82, 2.24) is 9.97 Å². The second kappa shape index (κ2) is 7.63. The van der Waals surface area contributed by atoms with Gasteiger partial charge in [-0.25, -0.2) is 0 Å². The standard InChI is InChI=1S/C18H25N3O2/c1-13-17(22-14-8-4-2-5-9-14)20-16(12-19)21-18(13)23-15-10-6-3-7-11-15/h14-15H,2-11H2,1H3. The molecule has 2 aliphatic carbocycles. The fourth-order valence-electron chi connectivity index (χ4n) is 3.44. The highest BCUT2D eigenvalue weighted by atomic mass is 16.5. The monoisotopic (exact) mass is 315 g/mol. The zero-order valence-electron chi connectivity index (χ0n) is 13.9. The first-order valence-corrected chi connectivity index (χ1v) is 8.88. The van der Waals surface area contributed by atoms with Crippen LogP contribution in [0.25, 0.3) is 0 Å². The number of ether oxygens (including phenoxy) is 2. The molecule has 124 valence electrons. The SMILES string of the molecule is Cc1c(OC2CCCCC2)nc(C#N)nc1OC1CCCCC1. The van der Waals surface area contributed by atoms with Gasteiger partial charge in [0.1, 0.15) is 18.3 Å². The Labute approximate surface area is 138 Å². The molecule has 2 aliphatic rings. The van der Waals surface area contributed by atoms with Crippen LogP contribution in [0.15, 0.2) is 0 Å². The minimum absolute atomic E-state index is 0.132. The maximum Gasteiger partial charge on any atom is 0.238 e. The largest absolute Gasteiger partial charge is 0.474 e. The van der Waals surface area contributed by atoms with Crippen molar-refractivity contribution in [3.63, 3.8) is 0 Å². The average Bonchev–Trinajstić information content (AvgIpc) is 2.60. The highest BCUT2D eigenvalue weighted by Crippen LogP contribution is 2.30. The van der Waals surface area contributed by atoms with E-state index in [9.17, 15) is 5.26 Å². The zero-order valence-corrected chi connectivity index (χ0v) is 13.9. The topological polar surface area (TPSA) is 68.0 Å². The van der Waals surface area contributed by atoms with Gasteiger partial charge in [-0.3, -0.25) is 0 Å². The molecule has 0 atom stereocenters. The third kappa shape index (κ3) is 4.13. The Morgan fingerprint density at radius 3 is 1.65 bits per heavy atom. The van der Waals surface area contributed by atoms with Gasteiger partial charge in [0.15, 0.2) is 0 Å². The second-order valence-electron chi connectivity index (χ2n) is 6.65. The van der Waals surface area contributed by atoms with Gasteiger partial charge >= 0.3 is 0 Å². The van der Waals surface area contributed by atoms with Gasteiger partial charge in [-0.05, 0) is 58.3 Å². The summed E-state index contributed by atoms with van der Waals surface area (Å²) in [5.74, 6) is 1.18. The molecule has 5 heteroatoms. The van der Waals surface area contributed by atoms with E-state index in [4.69, 9.17) is 9.47 Å². The smallest absolute Gasteiger partial charge is 0.238 e. The summed E-state index contributed by atoms with van der Waals surface area (Å²) in [6, 6.07) is 2.03.